The van der Waals surface area contributed by atoms with Crippen molar-refractivity contribution in [3.8, 4) is 0 Å². The molecule has 0 saturated heterocycles. The van der Waals surface area contributed by atoms with E-state index in [1.165, 1.54) is 37.4 Å². The van der Waals surface area contributed by atoms with Gasteiger partial charge in [-0.25, -0.2) is 8.42 Å². The number of sulfonamides is 1. The standard InChI is InChI=1S/C18H20ClN3O5S/c1-27-9-8-20-17(23)12-21-18(24)13-4-2-7-16(10-13)28(25,26)22-15-6-3-5-14(19)11-15/h2-7,10-11,22H,8-9,12H2,1H3,(H,20,23)(H,21,24). The van der Waals surface area contributed by atoms with Gasteiger partial charge in [-0.05, 0) is 36.4 Å². The molecule has 2 rings (SSSR count). The van der Waals surface area contributed by atoms with Crippen LogP contribution in [0, 0.1) is 0 Å². The van der Waals surface area contributed by atoms with E-state index in [4.69, 9.17) is 16.3 Å². The molecule has 0 aliphatic rings. The Morgan fingerprint density at radius 1 is 1.07 bits per heavy atom. The zero-order valence-corrected chi connectivity index (χ0v) is 16.6. The fourth-order valence-electron chi connectivity index (χ4n) is 2.19. The fraction of sp³-hybridized carbons (Fsp3) is 0.222. The minimum Gasteiger partial charge on any atom is -0.383 e. The molecule has 2 aromatic carbocycles. The number of hydrogen-bond acceptors (Lipinski definition) is 5. The first-order valence-corrected chi connectivity index (χ1v) is 10.1. The van der Waals surface area contributed by atoms with Crippen LogP contribution in [0.3, 0.4) is 0 Å². The summed E-state index contributed by atoms with van der Waals surface area (Å²) in [7, 11) is -2.40. The first-order chi connectivity index (χ1) is 13.3. The Labute approximate surface area is 168 Å². The van der Waals surface area contributed by atoms with E-state index in [-0.39, 0.29) is 22.9 Å². The second kappa shape index (κ2) is 10.1. The molecule has 150 valence electrons. The van der Waals surface area contributed by atoms with Gasteiger partial charge in [0.15, 0.2) is 0 Å². The number of rotatable bonds is 9. The summed E-state index contributed by atoms with van der Waals surface area (Å²) >= 11 is 5.86. The number of carbonyl (C=O) groups excluding carboxylic acids is 2. The fourth-order valence-corrected chi connectivity index (χ4v) is 3.47. The molecule has 0 unspecified atom stereocenters. The van der Waals surface area contributed by atoms with Crippen LogP contribution in [0.5, 0.6) is 0 Å². The van der Waals surface area contributed by atoms with Crippen molar-refractivity contribution in [2.24, 2.45) is 0 Å². The van der Waals surface area contributed by atoms with Crippen LogP contribution >= 0.6 is 11.6 Å². The summed E-state index contributed by atoms with van der Waals surface area (Å²) in [6, 6.07) is 11.8. The van der Waals surface area contributed by atoms with E-state index in [2.05, 4.69) is 15.4 Å². The Balaban J connectivity index is 2.04. The molecular weight excluding hydrogens is 406 g/mol. The van der Waals surface area contributed by atoms with Gasteiger partial charge in [0, 0.05) is 24.2 Å². The molecule has 2 amide bonds. The van der Waals surface area contributed by atoms with Crippen LogP contribution in [0.25, 0.3) is 0 Å². The smallest absolute Gasteiger partial charge is 0.261 e. The number of amides is 2. The van der Waals surface area contributed by atoms with Gasteiger partial charge >= 0.3 is 0 Å². The summed E-state index contributed by atoms with van der Waals surface area (Å²) in [4.78, 5) is 23.7. The molecule has 0 atom stereocenters. The van der Waals surface area contributed by atoms with Crippen LogP contribution in [0.15, 0.2) is 53.4 Å². The quantitative estimate of drug-likeness (QED) is 0.528. The lowest BCUT2D eigenvalue weighted by molar-refractivity contribution is -0.120. The summed E-state index contributed by atoms with van der Waals surface area (Å²) in [5.74, 6) is -0.946. The van der Waals surface area contributed by atoms with Crippen LogP contribution in [-0.4, -0.2) is 47.0 Å². The van der Waals surface area contributed by atoms with Gasteiger partial charge in [0.05, 0.1) is 23.7 Å². The van der Waals surface area contributed by atoms with E-state index < -0.39 is 15.9 Å². The lowest BCUT2D eigenvalue weighted by Crippen LogP contribution is -2.38. The Morgan fingerprint density at radius 3 is 2.54 bits per heavy atom. The lowest BCUT2D eigenvalue weighted by Gasteiger charge is -2.10. The third kappa shape index (κ3) is 6.52. The summed E-state index contributed by atoms with van der Waals surface area (Å²) in [5, 5.41) is 5.39. The molecule has 0 saturated carbocycles. The van der Waals surface area contributed by atoms with Crippen LogP contribution in [-0.2, 0) is 19.6 Å². The molecule has 0 aliphatic carbocycles. The normalized spacial score (nSPS) is 10.9. The van der Waals surface area contributed by atoms with Crippen molar-refractivity contribution in [2.45, 2.75) is 4.90 Å². The number of ether oxygens (including phenoxy) is 1. The van der Waals surface area contributed by atoms with Gasteiger partial charge in [0.2, 0.25) is 5.91 Å². The number of carbonyl (C=O) groups is 2. The molecule has 10 heteroatoms. The van der Waals surface area contributed by atoms with Gasteiger partial charge < -0.3 is 15.4 Å². The van der Waals surface area contributed by atoms with E-state index >= 15 is 0 Å². The predicted molar refractivity (Wildman–Crippen MR) is 106 cm³/mol. The second-order valence-electron chi connectivity index (χ2n) is 5.67. The topological polar surface area (TPSA) is 114 Å². The van der Waals surface area contributed by atoms with Crippen molar-refractivity contribution in [1.29, 1.82) is 0 Å². The molecular formula is C18H20ClN3O5S. The molecule has 28 heavy (non-hydrogen) atoms. The molecule has 0 radical (unpaired) electrons. The van der Waals surface area contributed by atoms with Crippen molar-refractivity contribution in [3.05, 3.63) is 59.1 Å². The Hall–Kier alpha value is -2.62. The highest BCUT2D eigenvalue weighted by atomic mass is 35.5. The van der Waals surface area contributed by atoms with Gasteiger partial charge in [-0.3, -0.25) is 14.3 Å². The van der Waals surface area contributed by atoms with Gasteiger partial charge in [-0.15, -0.1) is 0 Å². The number of nitrogens with one attached hydrogen (secondary N) is 3. The average Bonchev–Trinajstić information content (AvgIpc) is 2.66. The van der Waals surface area contributed by atoms with Crippen LogP contribution in [0.1, 0.15) is 10.4 Å². The highest BCUT2D eigenvalue weighted by Crippen LogP contribution is 2.20. The molecule has 0 aromatic heterocycles. The van der Waals surface area contributed by atoms with Gasteiger partial charge in [-0.1, -0.05) is 23.7 Å². The zero-order valence-electron chi connectivity index (χ0n) is 15.1. The van der Waals surface area contributed by atoms with E-state index in [9.17, 15) is 18.0 Å². The maximum absolute atomic E-state index is 12.5. The molecule has 8 nitrogen and oxygen atoms in total. The Morgan fingerprint density at radius 2 is 1.82 bits per heavy atom. The van der Waals surface area contributed by atoms with Gasteiger partial charge in [0.25, 0.3) is 15.9 Å². The van der Waals surface area contributed by atoms with Gasteiger partial charge in [0.1, 0.15) is 0 Å². The molecule has 0 heterocycles. The number of anilines is 1. The second-order valence-corrected chi connectivity index (χ2v) is 7.79. The van der Waals surface area contributed by atoms with Crippen LogP contribution < -0.4 is 15.4 Å². The van der Waals surface area contributed by atoms with E-state index in [1.807, 2.05) is 0 Å². The summed E-state index contributed by atoms with van der Waals surface area (Å²) in [6.07, 6.45) is 0. The van der Waals surface area contributed by atoms with E-state index in [0.29, 0.717) is 23.9 Å². The summed E-state index contributed by atoms with van der Waals surface area (Å²) < 4.78 is 32.3. The van der Waals surface area contributed by atoms with Crippen LogP contribution in [0.4, 0.5) is 5.69 Å². The molecule has 0 aliphatic heterocycles. The molecule has 0 spiro atoms. The maximum atomic E-state index is 12.5. The summed E-state index contributed by atoms with van der Waals surface area (Å²) in [6.45, 7) is 0.452. The third-order valence-corrected chi connectivity index (χ3v) is 5.14. The number of hydrogen-bond donors (Lipinski definition) is 3. The molecule has 0 fully saturated rings. The lowest BCUT2D eigenvalue weighted by atomic mass is 10.2. The molecule has 2 aromatic rings. The minimum atomic E-state index is -3.91. The van der Waals surface area contributed by atoms with Crippen molar-refractivity contribution >= 4 is 39.1 Å². The summed E-state index contributed by atoms with van der Waals surface area (Å²) in [5.41, 5.74) is 0.411. The van der Waals surface area contributed by atoms with Crippen molar-refractivity contribution in [2.75, 3.05) is 31.5 Å². The molecule has 3 N–H and O–H groups in total. The van der Waals surface area contributed by atoms with Crippen molar-refractivity contribution in [3.63, 3.8) is 0 Å². The average molecular weight is 426 g/mol. The van der Waals surface area contributed by atoms with Crippen molar-refractivity contribution in [1.82, 2.24) is 10.6 Å². The zero-order chi connectivity index (χ0) is 20.6. The molecule has 0 bridgehead atoms. The first-order valence-electron chi connectivity index (χ1n) is 8.24. The SMILES string of the molecule is COCCNC(=O)CNC(=O)c1cccc(S(=O)(=O)Nc2cccc(Cl)c2)c1. The number of halogens is 1. The highest BCUT2D eigenvalue weighted by Gasteiger charge is 2.17. The van der Waals surface area contributed by atoms with Crippen molar-refractivity contribution < 1.29 is 22.7 Å². The predicted octanol–water partition coefficient (Wildman–Crippen LogP) is 1.63. The van der Waals surface area contributed by atoms with Crippen LogP contribution in [0.2, 0.25) is 5.02 Å². The number of benzene rings is 2. The Bertz CT molecular complexity index is 950. The highest BCUT2D eigenvalue weighted by molar-refractivity contribution is 7.92. The minimum absolute atomic E-state index is 0.0929. The monoisotopic (exact) mass is 425 g/mol. The van der Waals surface area contributed by atoms with E-state index in [0.717, 1.165) is 0 Å². The maximum Gasteiger partial charge on any atom is 0.261 e. The van der Waals surface area contributed by atoms with E-state index in [1.54, 1.807) is 18.2 Å². The van der Waals surface area contributed by atoms with Gasteiger partial charge in [-0.2, -0.15) is 0 Å². The first kappa shape index (κ1) is 21.7. The third-order valence-electron chi connectivity index (χ3n) is 3.52. The Kier molecular flexibility index (Phi) is 7.80. The largest absolute Gasteiger partial charge is 0.383 e. The number of methoxy groups -OCH3 is 1.